The fraction of sp³-hybridized carbons (Fsp3) is 0.280. The van der Waals surface area contributed by atoms with Gasteiger partial charge < -0.3 is 16.1 Å². The molecule has 1 aliphatic heterocycles. The fourth-order valence-electron chi connectivity index (χ4n) is 4.17. The van der Waals surface area contributed by atoms with Crippen molar-refractivity contribution >= 4 is 24.8 Å². The molecule has 0 aromatic heterocycles. The first-order chi connectivity index (χ1) is 13.4. The third-order valence-electron chi connectivity index (χ3n) is 5.61. The molecule has 2 atom stereocenters. The predicted molar refractivity (Wildman–Crippen MR) is 131 cm³/mol. The molecule has 5 heteroatoms. The summed E-state index contributed by atoms with van der Waals surface area (Å²) in [7, 11) is 0. The van der Waals surface area contributed by atoms with E-state index in [1.54, 1.807) is 0 Å². The van der Waals surface area contributed by atoms with Gasteiger partial charge in [-0.2, -0.15) is 0 Å². The Bertz CT molecular complexity index is 771. The van der Waals surface area contributed by atoms with Gasteiger partial charge in [0.2, 0.25) is 0 Å². The van der Waals surface area contributed by atoms with E-state index in [1.807, 2.05) is 0 Å². The van der Waals surface area contributed by atoms with Crippen LogP contribution in [0, 0.1) is 0 Å². The minimum absolute atomic E-state index is 0. The van der Waals surface area contributed by atoms with Crippen molar-refractivity contribution in [3.05, 3.63) is 108 Å². The van der Waals surface area contributed by atoms with Gasteiger partial charge in [-0.3, -0.25) is 0 Å². The van der Waals surface area contributed by atoms with Gasteiger partial charge in [0.25, 0.3) is 0 Å². The van der Waals surface area contributed by atoms with Crippen LogP contribution in [0.15, 0.2) is 91.0 Å². The van der Waals surface area contributed by atoms with Gasteiger partial charge in [-0.15, -0.1) is 24.8 Å². The van der Waals surface area contributed by atoms with Crippen LogP contribution in [0.5, 0.6) is 0 Å². The Balaban J connectivity index is 0.00000150. The quantitative estimate of drug-likeness (QED) is 0.573. The lowest BCUT2D eigenvalue weighted by molar-refractivity contribution is 0.307. The van der Waals surface area contributed by atoms with E-state index >= 15 is 0 Å². The SMILES string of the molecule is Cl.Cl.O.c1ccc(CN[C@@H]2CC[C@H](C(c3ccccc3)c3ccccc3)NC2)cc1. The maximum atomic E-state index is 3.84. The zero-order chi connectivity index (χ0) is 18.3. The third kappa shape index (κ3) is 6.83. The maximum Gasteiger partial charge on any atom is 0.0243 e. The van der Waals surface area contributed by atoms with Crippen LogP contribution in [0.1, 0.15) is 35.4 Å². The van der Waals surface area contributed by atoms with E-state index in [2.05, 4.69) is 102 Å². The Morgan fingerprint density at radius 2 is 1.23 bits per heavy atom. The van der Waals surface area contributed by atoms with Gasteiger partial charge in [-0.05, 0) is 29.5 Å². The van der Waals surface area contributed by atoms with Gasteiger partial charge in [0, 0.05) is 31.1 Å². The number of hydrogen-bond acceptors (Lipinski definition) is 2. The van der Waals surface area contributed by atoms with E-state index in [4.69, 9.17) is 0 Å². The molecule has 3 nitrogen and oxygen atoms in total. The van der Waals surface area contributed by atoms with Crippen LogP contribution in [0.3, 0.4) is 0 Å². The molecule has 1 aliphatic rings. The molecular formula is C25H32Cl2N2O. The lowest BCUT2D eigenvalue weighted by atomic mass is 9.81. The molecule has 30 heavy (non-hydrogen) atoms. The minimum Gasteiger partial charge on any atom is -0.412 e. The van der Waals surface area contributed by atoms with Gasteiger partial charge in [-0.1, -0.05) is 91.0 Å². The molecule has 4 N–H and O–H groups in total. The molecule has 0 bridgehead atoms. The van der Waals surface area contributed by atoms with Gasteiger partial charge in [0.05, 0.1) is 0 Å². The first-order valence-electron chi connectivity index (χ1n) is 10.0. The highest BCUT2D eigenvalue weighted by molar-refractivity contribution is 5.85. The summed E-state index contributed by atoms with van der Waals surface area (Å²) in [5.41, 5.74) is 4.15. The largest absolute Gasteiger partial charge is 0.412 e. The Morgan fingerprint density at radius 1 is 0.733 bits per heavy atom. The zero-order valence-electron chi connectivity index (χ0n) is 17.0. The molecule has 1 fully saturated rings. The molecule has 0 aliphatic carbocycles. The Morgan fingerprint density at radius 3 is 1.70 bits per heavy atom. The lowest BCUT2D eigenvalue weighted by Crippen LogP contribution is -2.49. The second-order valence-corrected chi connectivity index (χ2v) is 7.45. The normalized spacial score (nSPS) is 17.9. The zero-order valence-corrected chi connectivity index (χ0v) is 18.7. The molecule has 1 saturated heterocycles. The number of benzene rings is 3. The van der Waals surface area contributed by atoms with E-state index in [9.17, 15) is 0 Å². The molecule has 1 heterocycles. The number of halogens is 2. The average molecular weight is 447 g/mol. The van der Waals surface area contributed by atoms with Gasteiger partial charge >= 0.3 is 0 Å². The van der Waals surface area contributed by atoms with Gasteiger partial charge in [-0.25, -0.2) is 0 Å². The van der Waals surface area contributed by atoms with Crippen LogP contribution in [-0.4, -0.2) is 24.1 Å². The van der Waals surface area contributed by atoms with E-state index in [0.717, 1.165) is 13.1 Å². The van der Waals surface area contributed by atoms with Crippen molar-refractivity contribution in [1.82, 2.24) is 10.6 Å². The van der Waals surface area contributed by atoms with Crippen molar-refractivity contribution in [2.45, 2.75) is 37.4 Å². The smallest absolute Gasteiger partial charge is 0.0243 e. The van der Waals surface area contributed by atoms with Crippen LogP contribution in [0.25, 0.3) is 0 Å². The average Bonchev–Trinajstić information content (AvgIpc) is 2.76. The van der Waals surface area contributed by atoms with Crippen LogP contribution < -0.4 is 10.6 Å². The fourth-order valence-corrected chi connectivity index (χ4v) is 4.17. The summed E-state index contributed by atoms with van der Waals surface area (Å²) in [6.07, 6.45) is 2.39. The summed E-state index contributed by atoms with van der Waals surface area (Å²) in [5.74, 6) is 0.405. The highest BCUT2D eigenvalue weighted by Gasteiger charge is 2.29. The van der Waals surface area contributed by atoms with Crippen molar-refractivity contribution in [1.29, 1.82) is 0 Å². The number of piperidine rings is 1. The molecule has 162 valence electrons. The van der Waals surface area contributed by atoms with Gasteiger partial charge in [0.15, 0.2) is 0 Å². The monoisotopic (exact) mass is 446 g/mol. The number of rotatable bonds is 6. The highest BCUT2D eigenvalue weighted by atomic mass is 35.5. The van der Waals surface area contributed by atoms with Crippen molar-refractivity contribution in [3.63, 3.8) is 0 Å². The summed E-state index contributed by atoms with van der Waals surface area (Å²) in [4.78, 5) is 0. The first-order valence-corrected chi connectivity index (χ1v) is 10.0. The van der Waals surface area contributed by atoms with Crippen LogP contribution in [-0.2, 0) is 6.54 Å². The van der Waals surface area contributed by atoms with E-state index in [1.165, 1.54) is 29.5 Å². The molecule has 0 saturated carbocycles. The highest BCUT2D eigenvalue weighted by Crippen LogP contribution is 2.31. The topological polar surface area (TPSA) is 55.6 Å². The van der Waals surface area contributed by atoms with Crippen LogP contribution >= 0.6 is 24.8 Å². The van der Waals surface area contributed by atoms with Crippen molar-refractivity contribution in [2.24, 2.45) is 0 Å². The van der Waals surface area contributed by atoms with E-state index in [0.29, 0.717) is 18.0 Å². The molecule has 0 unspecified atom stereocenters. The first kappa shape index (κ1) is 26.2. The summed E-state index contributed by atoms with van der Waals surface area (Å²) in [6, 6.07) is 33.5. The summed E-state index contributed by atoms with van der Waals surface area (Å²) < 4.78 is 0. The van der Waals surface area contributed by atoms with Crippen molar-refractivity contribution < 1.29 is 5.48 Å². The molecule has 0 radical (unpaired) electrons. The number of hydrogen-bond donors (Lipinski definition) is 2. The van der Waals surface area contributed by atoms with Crippen LogP contribution in [0.2, 0.25) is 0 Å². The molecule has 0 amide bonds. The second kappa shape index (κ2) is 13.4. The second-order valence-electron chi connectivity index (χ2n) is 7.45. The third-order valence-corrected chi connectivity index (χ3v) is 5.61. The van der Waals surface area contributed by atoms with Crippen molar-refractivity contribution in [2.75, 3.05) is 6.54 Å². The van der Waals surface area contributed by atoms with Crippen LogP contribution in [0.4, 0.5) is 0 Å². The predicted octanol–water partition coefficient (Wildman–Crippen LogP) is 4.75. The van der Waals surface area contributed by atoms with E-state index in [-0.39, 0.29) is 30.3 Å². The Kier molecular flexibility index (Phi) is 11.7. The summed E-state index contributed by atoms with van der Waals surface area (Å²) in [5, 5.41) is 7.55. The van der Waals surface area contributed by atoms with Crippen molar-refractivity contribution in [3.8, 4) is 0 Å². The molecular weight excluding hydrogens is 415 g/mol. The summed E-state index contributed by atoms with van der Waals surface area (Å²) in [6.45, 7) is 1.96. The minimum atomic E-state index is 0. The molecule has 3 aromatic carbocycles. The van der Waals surface area contributed by atoms with Gasteiger partial charge in [0.1, 0.15) is 0 Å². The molecule has 0 spiro atoms. The Hall–Kier alpha value is -1.88. The summed E-state index contributed by atoms with van der Waals surface area (Å²) >= 11 is 0. The maximum absolute atomic E-state index is 3.84. The Labute approximate surface area is 192 Å². The lowest BCUT2D eigenvalue weighted by Gasteiger charge is -2.36. The molecule has 4 rings (SSSR count). The molecule has 3 aromatic rings. The number of nitrogens with one attached hydrogen (secondary N) is 2. The van der Waals surface area contributed by atoms with E-state index < -0.39 is 0 Å². The standard InChI is InChI=1S/C25H28N2.2ClH.H2O/c1-4-10-20(11-5-1)18-26-23-16-17-24(27-19-23)25(21-12-6-2-7-13-21)22-14-8-3-9-15-22;;;/h1-15,23-27H,16-19H2;2*1H;1H2/t23-,24-;;;/m1.../s1.